The van der Waals surface area contributed by atoms with Crippen LogP contribution in [0.3, 0.4) is 0 Å². The van der Waals surface area contributed by atoms with Crippen LogP contribution in [-0.4, -0.2) is 4.98 Å². The summed E-state index contributed by atoms with van der Waals surface area (Å²) in [5.41, 5.74) is 18.4. The van der Waals surface area contributed by atoms with Gasteiger partial charge in [0.25, 0.3) is 0 Å². The third-order valence-corrected chi connectivity index (χ3v) is 14.3. The van der Waals surface area contributed by atoms with E-state index in [4.69, 9.17) is 4.98 Å². The molecule has 0 atom stereocenters. The molecular weight excluding hydrogens is 651 g/mol. The van der Waals surface area contributed by atoms with Crippen molar-refractivity contribution in [2.75, 3.05) is 0 Å². The van der Waals surface area contributed by atoms with Gasteiger partial charge in [0.15, 0.2) is 0 Å². The molecule has 4 aliphatic carbocycles. The van der Waals surface area contributed by atoms with Crippen molar-refractivity contribution in [1.82, 2.24) is 4.98 Å². The van der Waals surface area contributed by atoms with Gasteiger partial charge in [-0.15, -0.1) is 0 Å². The second-order valence-electron chi connectivity index (χ2n) is 16.8. The molecule has 2 spiro atoms. The summed E-state index contributed by atoms with van der Waals surface area (Å²) in [6.45, 7) is 0. The van der Waals surface area contributed by atoms with E-state index in [9.17, 15) is 0 Å². The quantitative estimate of drug-likeness (QED) is 0.130. The monoisotopic (exact) mass is 693 g/mol. The maximum atomic E-state index is 5.18. The Morgan fingerprint density at radius 2 is 0.833 bits per heavy atom. The SMILES string of the molecule is c1ccc2c(c1)-c1ccc(-c3c4ccccc4c(-c4ccc5c(c4)C4(CCCCC4)c4ccccc4-5)c4c3cnc3ccccc34)cc1C21CCCCC1. The zero-order valence-corrected chi connectivity index (χ0v) is 30.8. The number of hydrogen-bond donors (Lipinski definition) is 0. The van der Waals surface area contributed by atoms with Crippen LogP contribution >= 0.6 is 0 Å². The highest BCUT2D eigenvalue weighted by atomic mass is 14.7. The van der Waals surface area contributed by atoms with E-state index < -0.39 is 0 Å². The van der Waals surface area contributed by atoms with Gasteiger partial charge >= 0.3 is 0 Å². The largest absolute Gasteiger partial charge is 0.256 e. The van der Waals surface area contributed by atoms with Gasteiger partial charge in [0.1, 0.15) is 0 Å². The van der Waals surface area contributed by atoms with Crippen LogP contribution in [0, 0.1) is 0 Å². The summed E-state index contributed by atoms with van der Waals surface area (Å²) < 4.78 is 0. The molecule has 1 heteroatoms. The van der Waals surface area contributed by atoms with E-state index in [2.05, 4.69) is 140 Å². The number of hydrogen-bond acceptors (Lipinski definition) is 1. The van der Waals surface area contributed by atoms with Crippen molar-refractivity contribution in [3.63, 3.8) is 0 Å². The molecule has 1 nitrogen and oxygen atoms in total. The van der Waals surface area contributed by atoms with Gasteiger partial charge in [-0.2, -0.15) is 0 Å². The van der Waals surface area contributed by atoms with Gasteiger partial charge in [-0.3, -0.25) is 4.98 Å². The minimum Gasteiger partial charge on any atom is -0.256 e. The van der Waals surface area contributed by atoms with E-state index in [0.29, 0.717) is 0 Å². The maximum Gasteiger partial charge on any atom is 0.0708 e. The fourth-order valence-electron chi connectivity index (χ4n) is 12.0. The molecule has 0 radical (unpaired) electrons. The van der Waals surface area contributed by atoms with Gasteiger partial charge in [-0.1, -0.05) is 154 Å². The Balaban J connectivity index is 1.15. The van der Waals surface area contributed by atoms with Crippen molar-refractivity contribution in [1.29, 1.82) is 0 Å². The van der Waals surface area contributed by atoms with Crippen molar-refractivity contribution in [3.8, 4) is 44.5 Å². The zero-order valence-electron chi connectivity index (χ0n) is 30.8. The minimum atomic E-state index is 0.104. The Kier molecular flexibility index (Phi) is 6.57. The first kappa shape index (κ1) is 30.9. The summed E-state index contributed by atoms with van der Waals surface area (Å²) >= 11 is 0. The third-order valence-electron chi connectivity index (χ3n) is 14.3. The maximum absolute atomic E-state index is 5.18. The first-order valence-electron chi connectivity index (χ1n) is 20.5. The average molecular weight is 694 g/mol. The van der Waals surface area contributed by atoms with Crippen molar-refractivity contribution in [2.45, 2.75) is 75.0 Å². The molecule has 260 valence electrons. The highest BCUT2D eigenvalue weighted by Crippen LogP contribution is 2.59. The molecule has 54 heavy (non-hydrogen) atoms. The summed E-state index contributed by atoms with van der Waals surface area (Å²) in [6.07, 6.45) is 15.0. The van der Waals surface area contributed by atoms with Crippen LogP contribution in [0.2, 0.25) is 0 Å². The summed E-state index contributed by atoms with van der Waals surface area (Å²) in [5.74, 6) is 0. The van der Waals surface area contributed by atoms with Crippen LogP contribution in [-0.2, 0) is 10.8 Å². The average Bonchev–Trinajstić information content (AvgIpc) is 3.65. The molecule has 8 aromatic rings. The topological polar surface area (TPSA) is 12.9 Å². The normalized spacial score (nSPS) is 17.6. The number of rotatable bonds is 2. The van der Waals surface area contributed by atoms with Crippen molar-refractivity contribution in [3.05, 3.63) is 162 Å². The minimum absolute atomic E-state index is 0.104. The van der Waals surface area contributed by atoms with Crippen LogP contribution < -0.4 is 0 Å². The number of benzene rings is 7. The lowest BCUT2D eigenvalue weighted by Gasteiger charge is -2.36. The van der Waals surface area contributed by atoms with Gasteiger partial charge in [0.2, 0.25) is 0 Å². The molecule has 0 aliphatic heterocycles. The summed E-state index contributed by atoms with van der Waals surface area (Å²) in [6, 6.07) is 51.5. The second kappa shape index (κ2) is 11.5. The van der Waals surface area contributed by atoms with Gasteiger partial charge in [0, 0.05) is 33.2 Å². The highest BCUT2D eigenvalue weighted by molar-refractivity contribution is 6.27. The zero-order chi connectivity index (χ0) is 35.4. The van der Waals surface area contributed by atoms with Crippen LogP contribution in [0.25, 0.3) is 77.0 Å². The van der Waals surface area contributed by atoms with Crippen LogP contribution in [0.5, 0.6) is 0 Å². The Hall–Kier alpha value is -5.53. The molecule has 0 saturated heterocycles. The molecule has 1 aromatic heterocycles. The number of aromatic nitrogens is 1. The van der Waals surface area contributed by atoms with E-state index >= 15 is 0 Å². The molecule has 0 N–H and O–H groups in total. The Morgan fingerprint density at radius 3 is 1.43 bits per heavy atom. The van der Waals surface area contributed by atoms with Gasteiger partial charge in [0.05, 0.1) is 5.52 Å². The molecule has 2 fully saturated rings. The predicted octanol–water partition coefficient (Wildman–Crippen LogP) is 14.3. The lowest BCUT2D eigenvalue weighted by molar-refractivity contribution is 0.353. The van der Waals surface area contributed by atoms with Crippen molar-refractivity contribution >= 4 is 32.4 Å². The Morgan fingerprint density at radius 1 is 0.370 bits per heavy atom. The fraction of sp³-hybridized carbons (Fsp3) is 0.226. The number of nitrogens with zero attached hydrogens (tertiary/aromatic N) is 1. The molecular formula is C53H43N. The standard InChI is InChI=1S/C53H43N/c1-11-27-52(28-12-1)44-20-8-5-15-36(44)38-25-23-34(31-46(38)52)49-40-17-3-4-18-41(40)50(51-42-19-7-10-22-48(42)54-33-43(49)51)35-24-26-39-37-16-6-9-21-45(37)53(47(39)32-35)29-13-2-14-30-53/h3-10,15-26,31-33H,1-2,11-14,27-30H2. The van der Waals surface area contributed by atoms with E-state index in [1.54, 1.807) is 11.1 Å². The van der Waals surface area contributed by atoms with E-state index in [-0.39, 0.29) is 10.8 Å². The van der Waals surface area contributed by atoms with Gasteiger partial charge < -0.3 is 0 Å². The molecule has 4 aliphatic rings. The number of para-hydroxylation sites is 1. The summed E-state index contributed by atoms with van der Waals surface area (Å²) in [5, 5.41) is 6.41. The fourth-order valence-corrected chi connectivity index (χ4v) is 12.0. The summed E-state index contributed by atoms with van der Waals surface area (Å²) in [4.78, 5) is 5.18. The Bertz CT molecular complexity index is 2840. The molecule has 7 aromatic carbocycles. The van der Waals surface area contributed by atoms with Gasteiger partial charge in [-0.25, -0.2) is 0 Å². The molecule has 0 amide bonds. The van der Waals surface area contributed by atoms with Crippen LogP contribution in [0.4, 0.5) is 0 Å². The van der Waals surface area contributed by atoms with Crippen LogP contribution in [0.1, 0.15) is 86.5 Å². The Labute approximate surface area is 317 Å². The van der Waals surface area contributed by atoms with Crippen LogP contribution in [0.15, 0.2) is 140 Å². The molecule has 2 saturated carbocycles. The lowest BCUT2D eigenvalue weighted by atomic mass is 9.67. The smallest absolute Gasteiger partial charge is 0.0708 e. The van der Waals surface area contributed by atoms with Crippen molar-refractivity contribution in [2.24, 2.45) is 0 Å². The first-order chi connectivity index (χ1) is 26.8. The second-order valence-corrected chi connectivity index (χ2v) is 16.8. The highest BCUT2D eigenvalue weighted by Gasteiger charge is 2.45. The lowest BCUT2D eigenvalue weighted by Crippen LogP contribution is -2.28. The molecule has 0 unspecified atom stereocenters. The predicted molar refractivity (Wildman–Crippen MR) is 226 cm³/mol. The number of fused-ring (bicyclic) bond motifs is 14. The number of pyridine rings is 1. The van der Waals surface area contributed by atoms with E-state index in [1.807, 2.05) is 0 Å². The first-order valence-corrected chi connectivity index (χ1v) is 20.5. The van der Waals surface area contributed by atoms with Crippen molar-refractivity contribution < 1.29 is 0 Å². The molecule has 12 rings (SSSR count). The molecule has 0 bridgehead atoms. The van der Waals surface area contributed by atoms with E-state index in [0.717, 1.165) is 5.52 Å². The van der Waals surface area contributed by atoms with E-state index in [1.165, 1.54) is 147 Å². The third kappa shape index (κ3) is 4.08. The molecule has 1 heterocycles. The summed E-state index contributed by atoms with van der Waals surface area (Å²) in [7, 11) is 0. The van der Waals surface area contributed by atoms with Gasteiger partial charge in [-0.05, 0) is 121 Å².